The second kappa shape index (κ2) is 13.9. The number of halogens is 1. The van der Waals surface area contributed by atoms with Crippen LogP contribution in [0.4, 0.5) is 5.82 Å². The number of hydrogen-bond acceptors (Lipinski definition) is 5. The van der Waals surface area contributed by atoms with Crippen molar-refractivity contribution in [2.45, 2.75) is 19.9 Å². The Bertz CT molecular complexity index is 886. The van der Waals surface area contributed by atoms with E-state index in [4.69, 9.17) is 9.73 Å². The van der Waals surface area contributed by atoms with E-state index in [1.807, 2.05) is 43.5 Å². The highest BCUT2D eigenvalue weighted by Crippen LogP contribution is 2.19. The van der Waals surface area contributed by atoms with Crippen molar-refractivity contribution < 1.29 is 9.53 Å². The van der Waals surface area contributed by atoms with Crippen LogP contribution >= 0.6 is 24.0 Å². The summed E-state index contributed by atoms with van der Waals surface area (Å²) >= 11 is 0. The first-order valence-corrected chi connectivity index (χ1v) is 10.8. The van der Waals surface area contributed by atoms with Crippen LogP contribution in [0, 0.1) is 0 Å². The number of carbonyl (C=O) groups is 1. The predicted octanol–water partition coefficient (Wildman–Crippen LogP) is 2.19. The van der Waals surface area contributed by atoms with Crippen LogP contribution in [0.15, 0.2) is 47.6 Å². The zero-order chi connectivity index (χ0) is 21.9. The fraction of sp³-hybridized carbons (Fsp3) is 0.435. The third-order valence-electron chi connectivity index (χ3n) is 5.05. The Labute approximate surface area is 207 Å². The van der Waals surface area contributed by atoms with Crippen LogP contribution in [0.25, 0.3) is 0 Å². The minimum atomic E-state index is -0.0720. The molecule has 1 aliphatic heterocycles. The number of morpholine rings is 1. The van der Waals surface area contributed by atoms with Gasteiger partial charge in [0.1, 0.15) is 5.82 Å². The van der Waals surface area contributed by atoms with Crippen molar-refractivity contribution in [1.82, 2.24) is 20.9 Å². The van der Waals surface area contributed by atoms with Crippen LogP contribution in [-0.4, -0.2) is 63.3 Å². The topological polar surface area (TPSA) is 90.9 Å². The lowest BCUT2D eigenvalue weighted by atomic mass is 10.1. The average molecular weight is 552 g/mol. The number of nitrogens with zero attached hydrogens (tertiary/aromatic N) is 3. The van der Waals surface area contributed by atoms with Crippen molar-refractivity contribution in [1.29, 1.82) is 0 Å². The minimum Gasteiger partial charge on any atom is -0.378 e. The number of carbonyl (C=O) groups excluding carboxylic acids is 1. The van der Waals surface area contributed by atoms with Crippen LogP contribution < -0.4 is 20.9 Å². The molecule has 0 spiro atoms. The van der Waals surface area contributed by atoms with Crippen molar-refractivity contribution in [2.75, 3.05) is 51.3 Å². The largest absolute Gasteiger partial charge is 0.378 e. The zero-order valence-corrected chi connectivity index (χ0v) is 21.1. The molecule has 2 aromatic rings. The van der Waals surface area contributed by atoms with Crippen molar-refractivity contribution in [2.24, 2.45) is 4.99 Å². The number of guanidine groups is 1. The number of aliphatic imine (C=N–C) groups is 1. The van der Waals surface area contributed by atoms with E-state index in [1.54, 1.807) is 7.05 Å². The fourth-order valence-electron chi connectivity index (χ4n) is 3.46. The number of benzene rings is 1. The monoisotopic (exact) mass is 552 g/mol. The zero-order valence-electron chi connectivity index (χ0n) is 18.8. The number of amides is 1. The quantitative estimate of drug-likeness (QED) is 0.265. The molecule has 1 aromatic carbocycles. The molecule has 1 fully saturated rings. The normalized spacial score (nSPS) is 13.8. The van der Waals surface area contributed by atoms with Gasteiger partial charge in [0.2, 0.25) is 0 Å². The Morgan fingerprint density at radius 1 is 1.19 bits per heavy atom. The van der Waals surface area contributed by atoms with Gasteiger partial charge in [0, 0.05) is 50.6 Å². The molecule has 1 aliphatic rings. The van der Waals surface area contributed by atoms with Gasteiger partial charge >= 0.3 is 0 Å². The van der Waals surface area contributed by atoms with Gasteiger partial charge in [-0.25, -0.2) is 9.98 Å². The standard InChI is InChI=1S/C23H32N6O2.HI/c1-3-25-23(27-11-9-18-6-4-7-19(16-18)22(30)24-2)28-17-20-8-5-10-26-21(20)29-12-14-31-15-13-29;/h4-8,10,16H,3,9,11-15,17H2,1-2H3,(H,24,30)(H2,25,27,28);1H. The first kappa shape index (κ1) is 25.9. The molecule has 1 aromatic heterocycles. The van der Waals surface area contributed by atoms with E-state index in [0.29, 0.717) is 18.7 Å². The first-order valence-electron chi connectivity index (χ1n) is 10.8. The maximum atomic E-state index is 11.8. The van der Waals surface area contributed by atoms with Crippen LogP contribution in [-0.2, 0) is 17.7 Å². The molecule has 3 rings (SSSR count). The van der Waals surface area contributed by atoms with Crippen LogP contribution in [0.1, 0.15) is 28.4 Å². The summed E-state index contributed by atoms with van der Waals surface area (Å²) in [5.41, 5.74) is 2.87. The summed E-state index contributed by atoms with van der Waals surface area (Å²) < 4.78 is 5.46. The fourth-order valence-corrected chi connectivity index (χ4v) is 3.46. The highest BCUT2D eigenvalue weighted by molar-refractivity contribution is 14.0. The summed E-state index contributed by atoms with van der Waals surface area (Å²) in [6, 6.07) is 11.7. The summed E-state index contributed by atoms with van der Waals surface area (Å²) in [4.78, 5) is 23.4. The molecule has 9 heteroatoms. The molecule has 3 N–H and O–H groups in total. The van der Waals surface area contributed by atoms with E-state index < -0.39 is 0 Å². The number of rotatable bonds is 8. The molecule has 0 bridgehead atoms. The number of nitrogens with one attached hydrogen (secondary N) is 3. The first-order chi connectivity index (χ1) is 15.2. The number of anilines is 1. The second-order valence-electron chi connectivity index (χ2n) is 7.24. The maximum absolute atomic E-state index is 11.8. The molecule has 0 atom stereocenters. The lowest BCUT2D eigenvalue weighted by Gasteiger charge is -2.29. The molecule has 0 saturated carbocycles. The highest BCUT2D eigenvalue weighted by atomic mass is 127. The lowest BCUT2D eigenvalue weighted by molar-refractivity contribution is 0.0963. The molecule has 8 nitrogen and oxygen atoms in total. The Morgan fingerprint density at radius 2 is 2.00 bits per heavy atom. The average Bonchev–Trinajstić information content (AvgIpc) is 2.83. The summed E-state index contributed by atoms with van der Waals surface area (Å²) in [5.74, 6) is 1.68. The summed E-state index contributed by atoms with van der Waals surface area (Å²) in [6.07, 6.45) is 2.62. The summed E-state index contributed by atoms with van der Waals surface area (Å²) in [5, 5.41) is 9.34. The van der Waals surface area contributed by atoms with E-state index in [1.165, 1.54) is 0 Å². The molecule has 1 saturated heterocycles. The van der Waals surface area contributed by atoms with Crippen molar-refractivity contribution >= 4 is 41.7 Å². The van der Waals surface area contributed by atoms with Gasteiger partial charge in [-0.1, -0.05) is 18.2 Å². The number of ether oxygens (including phenoxy) is 1. The van der Waals surface area contributed by atoms with Gasteiger partial charge in [-0.3, -0.25) is 4.79 Å². The van der Waals surface area contributed by atoms with Gasteiger partial charge < -0.3 is 25.6 Å². The maximum Gasteiger partial charge on any atom is 0.251 e. The molecule has 1 amide bonds. The summed E-state index contributed by atoms with van der Waals surface area (Å²) in [7, 11) is 1.64. The molecular formula is C23H33IN6O2. The van der Waals surface area contributed by atoms with E-state index in [9.17, 15) is 4.79 Å². The number of hydrogen-bond donors (Lipinski definition) is 3. The van der Waals surface area contributed by atoms with Gasteiger partial charge in [0.05, 0.1) is 19.8 Å². The summed E-state index contributed by atoms with van der Waals surface area (Å²) in [6.45, 7) is 7.24. The van der Waals surface area contributed by atoms with Crippen molar-refractivity contribution in [3.63, 3.8) is 0 Å². The Kier molecular flexibility index (Phi) is 11.2. The van der Waals surface area contributed by atoms with Gasteiger partial charge in [-0.05, 0) is 37.1 Å². The smallest absolute Gasteiger partial charge is 0.251 e. The van der Waals surface area contributed by atoms with Crippen LogP contribution in [0.3, 0.4) is 0 Å². The van der Waals surface area contributed by atoms with Gasteiger partial charge in [0.25, 0.3) is 5.91 Å². The Hall–Kier alpha value is -2.40. The van der Waals surface area contributed by atoms with Gasteiger partial charge in [0.15, 0.2) is 5.96 Å². The molecule has 32 heavy (non-hydrogen) atoms. The van der Waals surface area contributed by atoms with Crippen LogP contribution in [0.2, 0.25) is 0 Å². The molecule has 0 unspecified atom stereocenters. The molecular weight excluding hydrogens is 519 g/mol. The van der Waals surface area contributed by atoms with E-state index in [2.05, 4.69) is 31.9 Å². The van der Waals surface area contributed by atoms with E-state index in [0.717, 1.165) is 62.2 Å². The van der Waals surface area contributed by atoms with Gasteiger partial charge in [-0.15, -0.1) is 24.0 Å². The number of pyridine rings is 1. The molecule has 0 aliphatic carbocycles. The lowest BCUT2D eigenvalue weighted by Crippen LogP contribution is -2.38. The van der Waals surface area contributed by atoms with E-state index in [-0.39, 0.29) is 29.9 Å². The van der Waals surface area contributed by atoms with Gasteiger partial charge in [-0.2, -0.15) is 0 Å². The molecule has 2 heterocycles. The second-order valence-corrected chi connectivity index (χ2v) is 7.24. The SMILES string of the molecule is CCNC(=NCc1cccnc1N1CCOCC1)NCCc1cccc(C(=O)NC)c1.I. The van der Waals surface area contributed by atoms with Crippen LogP contribution in [0.5, 0.6) is 0 Å². The molecule has 0 radical (unpaired) electrons. The van der Waals surface area contributed by atoms with Crippen molar-refractivity contribution in [3.05, 3.63) is 59.3 Å². The Balaban J connectivity index is 0.00000363. The Morgan fingerprint density at radius 3 is 2.75 bits per heavy atom. The third-order valence-corrected chi connectivity index (χ3v) is 5.05. The molecule has 174 valence electrons. The third kappa shape index (κ3) is 7.63. The highest BCUT2D eigenvalue weighted by Gasteiger charge is 2.15. The van der Waals surface area contributed by atoms with E-state index >= 15 is 0 Å². The predicted molar refractivity (Wildman–Crippen MR) is 139 cm³/mol. The van der Waals surface area contributed by atoms with Crippen molar-refractivity contribution in [3.8, 4) is 0 Å². The minimum absolute atomic E-state index is 0. The number of aromatic nitrogens is 1.